The SMILES string of the molecule is C[C@H](O)CCC/C=C\C[C@@H](O)/C=C/C=C\C/C=C\CCCC(=O)O. The number of hydrogen-bond acceptors (Lipinski definition) is 3. The summed E-state index contributed by atoms with van der Waals surface area (Å²) in [4.78, 5) is 10.3. The zero-order valence-electron chi connectivity index (χ0n) is 14.7. The minimum absolute atomic E-state index is 0.218. The van der Waals surface area contributed by atoms with E-state index in [1.165, 1.54) is 0 Å². The van der Waals surface area contributed by atoms with Crippen molar-refractivity contribution >= 4 is 5.97 Å². The van der Waals surface area contributed by atoms with E-state index < -0.39 is 12.1 Å². The van der Waals surface area contributed by atoms with Crippen LogP contribution in [0.5, 0.6) is 0 Å². The topological polar surface area (TPSA) is 77.8 Å². The summed E-state index contributed by atoms with van der Waals surface area (Å²) in [5.74, 6) is -0.749. The normalized spacial score (nSPS) is 15.1. The molecule has 0 aromatic heterocycles. The Morgan fingerprint density at radius 2 is 1.67 bits per heavy atom. The molecule has 0 radical (unpaired) electrons. The molecule has 0 bridgehead atoms. The first-order valence-corrected chi connectivity index (χ1v) is 8.73. The Hall–Kier alpha value is -1.65. The number of hydrogen-bond donors (Lipinski definition) is 3. The lowest BCUT2D eigenvalue weighted by atomic mass is 10.1. The van der Waals surface area contributed by atoms with Gasteiger partial charge in [-0.05, 0) is 51.9 Å². The second-order valence-electron chi connectivity index (χ2n) is 5.86. The average Bonchev–Trinajstić information content (AvgIpc) is 2.52. The zero-order chi connectivity index (χ0) is 18.0. The van der Waals surface area contributed by atoms with Crippen LogP contribution in [0.3, 0.4) is 0 Å². The molecule has 0 unspecified atom stereocenters. The maximum atomic E-state index is 10.3. The summed E-state index contributed by atoms with van der Waals surface area (Å²) in [6.07, 6.45) is 20.6. The van der Waals surface area contributed by atoms with Crippen molar-refractivity contribution in [2.45, 2.75) is 70.5 Å². The Bertz CT molecular complexity index is 419. The van der Waals surface area contributed by atoms with E-state index in [2.05, 4.69) is 0 Å². The van der Waals surface area contributed by atoms with Crippen LogP contribution in [0.15, 0.2) is 48.6 Å². The Balaban J connectivity index is 3.64. The van der Waals surface area contributed by atoms with Crippen molar-refractivity contribution in [3.8, 4) is 0 Å². The van der Waals surface area contributed by atoms with Crippen molar-refractivity contribution in [1.82, 2.24) is 0 Å². The van der Waals surface area contributed by atoms with E-state index in [1.54, 1.807) is 13.0 Å². The highest BCUT2D eigenvalue weighted by atomic mass is 16.4. The van der Waals surface area contributed by atoms with Gasteiger partial charge in [0.15, 0.2) is 0 Å². The number of carbonyl (C=O) groups is 1. The Morgan fingerprint density at radius 3 is 2.38 bits per heavy atom. The Labute approximate surface area is 145 Å². The molecule has 0 rings (SSSR count). The van der Waals surface area contributed by atoms with Gasteiger partial charge >= 0.3 is 5.97 Å². The standard InChI is InChI=1S/C20H32O4/c1-18(21)14-10-8-9-12-16-19(22)15-11-6-4-2-3-5-7-13-17-20(23)24/h3-6,9,11-12,15,18-19,21-22H,2,7-8,10,13-14,16-17H2,1H3,(H,23,24)/b5-3-,6-4-,12-9-,15-11+/t18-,19-/m0/s1. The Morgan fingerprint density at radius 1 is 0.958 bits per heavy atom. The molecule has 0 aromatic carbocycles. The van der Waals surface area contributed by atoms with E-state index in [0.717, 1.165) is 32.1 Å². The van der Waals surface area contributed by atoms with E-state index in [-0.39, 0.29) is 12.5 Å². The lowest BCUT2D eigenvalue weighted by molar-refractivity contribution is -0.137. The predicted octanol–water partition coefficient (Wildman–Crippen LogP) is 4.16. The first-order chi connectivity index (χ1) is 11.5. The average molecular weight is 336 g/mol. The predicted molar refractivity (Wildman–Crippen MR) is 98.8 cm³/mol. The summed E-state index contributed by atoms with van der Waals surface area (Å²) < 4.78 is 0. The van der Waals surface area contributed by atoms with Crippen LogP contribution < -0.4 is 0 Å². The van der Waals surface area contributed by atoms with E-state index in [9.17, 15) is 9.90 Å². The van der Waals surface area contributed by atoms with Crippen LogP contribution in [0.25, 0.3) is 0 Å². The smallest absolute Gasteiger partial charge is 0.303 e. The maximum absolute atomic E-state index is 10.3. The van der Waals surface area contributed by atoms with Crippen LogP contribution in [-0.4, -0.2) is 33.5 Å². The quantitative estimate of drug-likeness (QED) is 0.253. The van der Waals surface area contributed by atoms with Crippen molar-refractivity contribution in [3.05, 3.63) is 48.6 Å². The van der Waals surface area contributed by atoms with Gasteiger partial charge in [-0.1, -0.05) is 48.6 Å². The zero-order valence-corrected chi connectivity index (χ0v) is 14.7. The summed E-state index contributed by atoms with van der Waals surface area (Å²) in [6, 6.07) is 0. The highest BCUT2D eigenvalue weighted by Crippen LogP contribution is 2.03. The van der Waals surface area contributed by atoms with Crippen LogP contribution in [0.2, 0.25) is 0 Å². The summed E-state index contributed by atoms with van der Waals surface area (Å²) in [6.45, 7) is 1.79. The number of unbranched alkanes of at least 4 members (excludes halogenated alkanes) is 2. The van der Waals surface area contributed by atoms with Crippen molar-refractivity contribution in [1.29, 1.82) is 0 Å². The third kappa shape index (κ3) is 18.4. The molecular weight excluding hydrogens is 304 g/mol. The molecule has 0 spiro atoms. The molecule has 0 saturated carbocycles. The molecule has 4 nitrogen and oxygen atoms in total. The fourth-order valence-electron chi connectivity index (χ4n) is 1.98. The molecular formula is C20H32O4. The van der Waals surface area contributed by atoms with Gasteiger partial charge in [0.2, 0.25) is 0 Å². The summed E-state index contributed by atoms with van der Waals surface area (Å²) >= 11 is 0. The van der Waals surface area contributed by atoms with E-state index in [1.807, 2.05) is 42.5 Å². The van der Waals surface area contributed by atoms with Gasteiger partial charge in [-0.2, -0.15) is 0 Å². The number of allylic oxidation sites excluding steroid dienone is 6. The second-order valence-corrected chi connectivity index (χ2v) is 5.86. The molecule has 136 valence electrons. The molecule has 3 N–H and O–H groups in total. The number of aliphatic hydroxyl groups is 2. The highest BCUT2D eigenvalue weighted by molar-refractivity contribution is 5.66. The summed E-state index contributed by atoms with van der Waals surface area (Å²) in [7, 11) is 0. The van der Waals surface area contributed by atoms with Crippen molar-refractivity contribution in [2.75, 3.05) is 0 Å². The molecule has 0 aliphatic carbocycles. The number of rotatable bonds is 14. The molecule has 0 aromatic rings. The molecule has 0 aliphatic heterocycles. The van der Waals surface area contributed by atoms with Gasteiger partial charge in [0.05, 0.1) is 12.2 Å². The lowest BCUT2D eigenvalue weighted by Gasteiger charge is -2.01. The number of carboxylic acid groups (broad SMARTS) is 1. The fraction of sp³-hybridized carbons (Fsp3) is 0.550. The molecule has 0 amide bonds. The molecule has 0 heterocycles. The first kappa shape index (κ1) is 22.4. The van der Waals surface area contributed by atoms with E-state index >= 15 is 0 Å². The molecule has 4 heteroatoms. The van der Waals surface area contributed by atoms with Gasteiger partial charge in [0.25, 0.3) is 0 Å². The van der Waals surface area contributed by atoms with Crippen LogP contribution in [0, 0.1) is 0 Å². The van der Waals surface area contributed by atoms with Gasteiger partial charge in [0, 0.05) is 6.42 Å². The second kappa shape index (κ2) is 16.2. The van der Waals surface area contributed by atoms with Gasteiger partial charge in [-0.15, -0.1) is 0 Å². The monoisotopic (exact) mass is 336 g/mol. The van der Waals surface area contributed by atoms with Crippen molar-refractivity contribution in [3.63, 3.8) is 0 Å². The van der Waals surface area contributed by atoms with Gasteiger partial charge in [-0.3, -0.25) is 4.79 Å². The fourth-order valence-corrected chi connectivity index (χ4v) is 1.98. The van der Waals surface area contributed by atoms with Crippen LogP contribution >= 0.6 is 0 Å². The third-order valence-electron chi connectivity index (χ3n) is 3.32. The first-order valence-electron chi connectivity index (χ1n) is 8.73. The highest BCUT2D eigenvalue weighted by Gasteiger charge is 1.95. The molecule has 0 aliphatic rings. The minimum atomic E-state index is -0.749. The molecule has 2 atom stereocenters. The summed E-state index contributed by atoms with van der Waals surface area (Å²) in [5.41, 5.74) is 0. The van der Waals surface area contributed by atoms with Gasteiger partial charge in [0.1, 0.15) is 0 Å². The van der Waals surface area contributed by atoms with Crippen LogP contribution in [-0.2, 0) is 4.79 Å². The molecule has 0 fully saturated rings. The Kier molecular flexibility index (Phi) is 15.1. The summed E-state index contributed by atoms with van der Waals surface area (Å²) in [5, 5.41) is 27.4. The number of carboxylic acids is 1. The molecule has 24 heavy (non-hydrogen) atoms. The lowest BCUT2D eigenvalue weighted by Crippen LogP contribution is -1.99. The minimum Gasteiger partial charge on any atom is -0.481 e. The molecule has 0 saturated heterocycles. The van der Waals surface area contributed by atoms with Gasteiger partial charge in [-0.25, -0.2) is 0 Å². The third-order valence-corrected chi connectivity index (χ3v) is 3.32. The van der Waals surface area contributed by atoms with Gasteiger partial charge < -0.3 is 15.3 Å². The number of aliphatic carboxylic acids is 1. The van der Waals surface area contributed by atoms with Crippen LogP contribution in [0.1, 0.15) is 58.3 Å². The van der Waals surface area contributed by atoms with Crippen LogP contribution in [0.4, 0.5) is 0 Å². The maximum Gasteiger partial charge on any atom is 0.303 e. The van der Waals surface area contributed by atoms with Crippen molar-refractivity contribution in [2.24, 2.45) is 0 Å². The number of aliphatic hydroxyl groups excluding tert-OH is 2. The van der Waals surface area contributed by atoms with E-state index in [0.29, 0.717) is 12.8 Å². The van der Waals surface area contributed by atoms with Crippen molar-refractivity contribution < 1.29 is 20.1 Å². The largest absolute Gasteiger partial charge is 0.481 e. The van der Waals surface area contributed by atoms with E-state index in [4.69, 9.17) is 10.2 Å².